The Kier molecular flexibility index (Phi) is 3.84. The fraction of sp³-hybridized carbons (Fsp3) is 0.471. The number of nitrogens with one attached hydrogen (secondary N) is 1. The van der Waals surface area contributed by atoms with Crippen LogP contribution in [0.15, 0.2) is 24.7 Å². The van der Waals surface area contributed by atoms with Crippen LogP contribution in [0.25, 0.3) is 0 Å². The van der Waals surface area contributed by atoms with E-state index in [0.29, 0.717) is 25.2 Å². The van der Waals surface area contributed by atoms with E-state index in [-0.39, 0.29) is 11.8 Å². The van der Waals surface area contributed by atoms with E-state index in [1.165, 1.54) is 0 Å². The second-order valence-corrected chi connectivity index (χ2v) is 6.41. The summed E-state index contributed by atoms with van der Waals surface area (Å²) in [4.78, 5) is 35.8. The van der Waals surface area contributed by atoms with E-state index in [9.17, 15) is 9.59 Å². The minimum absolute atomic E-state index is 0.0119. The second kappa shape index (κ2) is 6.14. The third kappa shape index (κ3) is 2.70. The topological polar surface area (TPSA) is 74.2 Å². The lowest BCUT2D eigenvalue weighted by molar-refractivity contribution is -0.128. The third-order valence-electron chi connectivity index (χ3n) is 4.83. The number of hydrogen-bond donors (Lipinski definition) is 1. The van der Waals surface area contributed by atoms with Crippen LogP contribution in [0.2, 0.25) is 0 Å². The van der Waals surface area contributed by atoms with Crippen molar-refractivity contribution in [2.75, 3.05) is 13.1 Å². The Balaban J connectivity index is 1.56. The number of amides is 2. The van der Waals surface area contributed by atoms with Crippen LogP contribution < -0.4 is 0 Å². The highest BCUT2D eigenvalue weighted by Crippen LogP contribution is 2.21. The highest BCUT2D eigenvalue weighted by atomic mass is 16.2. The Morgan fingerprint density at radius 3 is 2.92 bits per heavy atom. The van der Waals surface area contributed by atoms with Crippen LogP contribution in [0.3, 0.4) is 0 Å². The summed E-state index contributed by atoms with van der Waals surface area (Å²) in [5.74, 6) is 0.211. The van der Waals surface area contributed by atoms with Crippen molar-refractivity contribution in [1.29, 1.82) is 0 Å². The summed E-state index contributed by atoms with van der Waals surface area (Å²) >= 11 is 0. The fourth-order valence-corrected chi connectivity index (χ4v) is 3.51. The van der Waals surface area contributed by atoms with Crippen LogP contribution in [0, 0.1) is 0 Å². The molecule has 1 fully saturated rings. The molecule has 0 aliphatic carbocycles. The molecule has 2 aromatic heterocycles. The van der Waals surface area contributed by atoms with E-state index in [0.717, 1.165) is 43.9 Å². The molecule has 4 heterocycles. The van der Waals surface area contributed by atoms with Gasteiger partial charge in [-0.25, -0.2) is 4.98 Å². The van der Waals surface area contributed by atoms with Crippen LogP contribution in [0.4, 0.5) is 0 Å². The van der Waals surface area contributed by atoms with Gasteiger partial charge < -0.3 is 19.4 Å². The molecule has 0 aromatic carbocycles. The van der Waals surface area contributed by atoms with Crippen molar-refractivity contribution >= 4 is 11.8 Å². The van der Waals surface area contributed by atoms with Gasteiger partial charge in [-0.2, -0.15) is 0 Å². The summed E-state index contributed by atoms with van der Waals surface area (Å²) in [6.07, 6.45) is 6.06. The number of carbonyl (C=O) groups is 2. The molecule has 7 nitrogen and oxygen atoms in total. The molecule has 2 aromatic rings. The largest absolute Gasteiger partial charge is 0.357 e. The predicted molar refractivity (Wildman–Crippen MR) is 87.0 cm³/mol. The minimum Gasteiger partial charge on any atom is -0.357 e. The Hall–Kier alpha value is -2.57. The van der Waals surface area contributed by atoms with Crippen molar-refractivity contribution < 1.29 is 9.59 Å². The fourth-order valence-electron chi connectivity index (χ4n) is 3.51. The summed E-state index contributed by atoms with van der Waals surface area (Å²) in [6, 6.07) is 3.63. The molecular formula is C17H21N5O2. The monoisotopic (exact) mass is 327 g/mol. The number of H-pyrrole nitrogens is 1. The van der Waals surface area contributed by atoms with Crippen LogP contribution in [0.1, 0.15) is 41.1 Å². The number of hydrogen-bond acceptors (Lipinski definition) is 3. The van der Waals surface area contributed by atoms with Gasteiger partial charge in [-0.05, 0) is 25.0 Å². The highest BCUT2D eigenvalue weighted by Gasteiger charge is 2.26. The maximum absolute atomic E-state index is 12.7. The molecule has 1 N–H and O–H groups in total. The third-order valence-corrected chi connectivity index (χ3v) is 4.83. The first kappa shape index (κ1) is 15.0. The van der Waals surface area contributed by atoms with Gasteiger partial charge in [0.15, 0.2) is 0 Å². The molecule has 0 atom stereocenters. The van der Waals surface area contributed by atoms with Crippen LogP contribution in [0.5, 0.6) is 0 Å². The lowest BCUT2D eigenvalue weighted by atomic mass is 10.2. The average Bonchev–Trinajstić information content (AvgIpc) is 3.29. The zero-order chi connectivity index (χ0) is 16.5. The van der Waals surface area contributed by atoms with Crippen molar-refractivity contribution in [3.05, 3.63) is 41.7 Å². The van der Waals surface area contributed by atoms with Crippen molar-refractivity contribution in [2.45, 2.75) is 38.9 Å². The van der Waals surface area contributed by atoms with E-state index in [4.69, 9.17) is 0 Å². The number of imidazole rings is 1. The normalized spacial score (nSPS) is 17.9. The molecular weight excluding hydrogens is 306 g/mol. The summed E-state index contributed by atoms with van der Waals surface area (Å²) in [6.45, 7) is 3.46. The number of rotatable bonds is 3. The van der Waals surface area contributed by atoms with Crippen molar-refractivity contribution in [3.8, 4) is 0 Å². The molecule has 0 radical (unpaired) electrons. The number of aromatic nitrogens is 3. The second-order valence-electron chi connectivity index (χ2n) is 6.41. The molecule has 2 aliphatic rings. The molecule has 4 rings (SSSR count). The summed E-state index contributed by atoms with van der Waals surface area (Å²) < 4.78 is 2.12. The van der Waals surface area contributed by atoms with E-state index in [2.05, 4.69) is 14.5 Å². The molecule has 126 valence electrons. The number of fused-ring (bicyclic) bond motifs is 1. The lowest BCUT2D eigenvalue weighted by Gasteiger charge is -2.21. The van der Waals surface area contributed by atoms with Crippen LogP contribution >= 0.6 is 0 Å². The molecule has 0 bridgehead atoms. The minimum atomic E-state index is 0.0119. The van der Waals surface area contributed by atoms with Gasteiger partial charge in [0.05, 0.1) is 30.8 Å². The van der Waals surface area contributed by atoms with Gasteiger partial charge in [-0.1, -0.05) is 0 Å². The van der Waals surface area contributed by atoms with Gasteiger partial charge in [0.25, 0.3) is 5.91 Å². The molecule has 2 amide bonds. The van der Waals surface area contributed by atoms with Crippen molar-refractivity contribution in [1.82, 2.24) is 24.3 Å². The lowest BCUT2D eigenvalue weighted by Crippen LogP contribution is -2.32. The first-order valence-corrected chi connectivity index (χ1v) is 8.45. The zero-order valence-corrected chi connectivity index (χ0v) is 13.6. The standard InChI is InChI=1S/C17H21N5O2/c23-16-5-2-7-20(16)10-14-15-11-21(8-3-9-22(15)12-19-14)17(24)13-4-1-6-18-13/h1,4,6,12,18H,2-3,5,7-11H2. The zero-order valence-electron chi connectivity index (χ0n) is 13.6. The van der Waals surface area contributed by atoms with E-state index < -0.39 is 0 Å². The Bertz CT molecular complexity index is 749. The molecule has 0 saturated carbocycles. The molecule has 0 spiro atoms. The van der Waals surface area contributed by atoms with E-state index in [1.54, 1.807) is 12.3 Å². The Morgan fingerprint density at radius 2 is 2.17 bits per heavy atom. The van der Waals surface area contributed by atoms with Crippen molar-refractivity contribution in [3.63, 3.8) is 0 Å². The molecule has 2 aliphatic heterocycles. The van der Waals surface area contributed by atoms with Crippen LogP contribution in [-0.2, 0) is 24.4 Å². The number of carbonyl (C=O) groups excluding carboxylic acids is 2. The summed E-state index contributed by atoms with van der Waals surface area (Å²) in [5.41, 5.74) is 2.57. The Labute approximate surface area is 140 Å². The van der Waals surface area contributed by atoms with Gasteiger partial charge in [0.2, 0.25) is 5.91 Å². The number of likely N-dealkylation sites (tertiary alicyclic amines) is 1. The molecule has 24 heavy (non-hydrogen) atoms. The summed E-state index contributed by atoms with van der Waals surface area (Å²) in [7, 11) is 0. The molecule has 0 unspecified atom stereocenters. The predicted octanol–water partition coefficient (Wildman–Crippen LogP) is 1.38. The van der Waals surface area contributed by atoms with Gasteiger partial charge in [0.1, 0.15) is 5.69 Å². The van der Waals surface area contributed by atoms with Gasteiger partial charge in [-0.3, -0.25) is 9.59 Å². The molecule has 1 saturated heterocycles. The smallest absolute Gasteiger partial charge is 0.270 e. The SMILES string of the molecule is O=C1CCCN1Cc1ncn2c1CN(C(=O)c1ccc[nH]1)CCC2. The number of aryl methyl sites for hydroxylation is 1. The average molecular weight is 327 g/mol. The first-order chi connectivity index (χ1) is 11.7. The number of nitrogens with zero attached hydrogens (tertiary/aromatic N) is 4. The van der Waals surface area contributed by atoms with E-state index >= 15 is 0 Å². The van der Waals surface area contributed by atoms with Gasteiger partial charge in [0, 0.05) is 32.3 Å². The van der Waals surface area contributed by atoms with Crippen LogP contribution in [-0.4, -0.2) is 49.2 Å². The molecule has 7 heteroatoms. The van der Waals surface area contributed by atoms with Gasteiger partial charge >= 0.3 is 0 Å². The first-order valence-electron chi connectivity index (χ1n) is 8.45. The van der Waals surface area contributed by atoms with Crippen molar-refractivity contribution in [2.24, 2.45) is 0 Å². The quantitative estimate of drug-likeness (QED) is 0.925. The number of aromatic amines is 1. The summed E-state index contributed by atoms with van der Waals surface area (Å²) in [5, 5.41) is 0. The maximum Gasteiger partial charge on any atom is 0.270 e. The highest BCUT2D eigenvalue weighted by molar-refractivity contribution is 5.92. The van der Waals surface area contributed by atoms with E-state index in [1.807, 2.05) is 22.2 Å². The maximum atomic E-state index is 12.7. The Morgan fingerprint density at radius 1 is 1.25 bits per heavy atom. The van der Waals surface area contributed by atoms with Gasteiger partial charge in [-0.15, -0.1) is 0 Å².